The first-order valence-electron chi connectivity index (χ1n) is 11.5. The third-order valence-electron chi connectivity index (χ3n) is 6.82. The molecule has 0 radical (unpaired) electrons. The van der Waals surface area contributed by atoms with Crippen molar-refractivity contribution in [3.05, 3.63) is 58.6 Å². The lowest BCUT2D eigenvalue weighted by Gasteiger charge is -2.38. The van der Waals surface area contributed by atoms with Crippen LogP contribution in [-0.2, 0) is 17.9 Å². The third kappa shape index (κ3) is 4.87. The lowest BCUT2D eigenvalue weighted by Crippen LogP contribution is -2.51. The zero-order chi connectivity index (χ0) is 21.9. The second-order valence-corrected chi connectivity index (χ2v) is 9.34. The van der Waals surface area contributed by atoms with Gasteiger partial charge in [-0.1, -0.05) is 35.9 Å². The average Bonchev–Trinajstić information content (AvgIpc) is 3.29. The number of rotatable bonds is 5. The molecule has 0 saturated carbocycles. The molecule has 3 heterocycles. The number of carbonyl (C=O) groups is 1. The van der Waals surface area contributed by atoms with Gasteiger partial charge in [-0.25, -0.2) is 0 Å². The lowest BCUT2D eigenvalue weighted by molar-refractivity contribution is -0.139. The maximum Gasteiger partial charge on any atom is 0.231 e. The standard InChI is InChI=1S/C25H30ClN3O3/c26-22-4-2-1-3-21(22)17-27-9-7-20(8-10-27)25(30)29-13-11-28(12-14-29)16-19-5-6-23-24(15-19)32-18-31-23/h1-6,15,20H,7-14,16-18H2. The van der Waals surface area contributed by atoms with Gasteiger partial charge >= 0.3 is 0 Å². The molecule has 0 N–H and O–H groups in total. The van der Waals surface area contributed by atoms with Crippen molar-refractivity contribution in [2.24, 2.45) is 5.92 Å². The molecular formula is C25H30ClN3O3. The predicted molar refractivity (Wildman–Crippen MR) is 124 cm³/mol. The molecule has 2 fully saturated rings. The summed E-state index contributed by atoms with van der Waals surface area (Å²) in [6.07, 6.45) is 1.86. The van der Waals surface area contributed by atoms with Crippen LogP contribution in [0.5, 0.6) is 11.5 Å². The van der Waals surface area contributed by atoms with Crippen LogP contribution in [0.25, 0.3) is 0 Å². The molecule has 32 heavy (non-hydrogen) atoms. The van der Waals surface area contributed by atoms with Crippen molar-refractivity contribution in [1.29, 1.82) is 0 Å². The summed E-state index contributed by atoms with van der Waals surface area (Å²) in [6, 6.07) is 14.2. The van der Waals surface area contributed by atoms with Crippen LogP contribution in [0.3, 0.4) is 0 Å². The molecule has 3 aliphatic rings. The lowest BCUT2D eigenvalue weighted by atomic mass is 9.94. The van der Waals surface area contributed by atoms with Gasteiger partial charge in [-0.05, 0) is 55.3 Å². The van der Waals surface area contributed by atoms with Crippen LogP contribution in [0.2, 0.25) is 5.02 Å². The van der Waals surface area contributed by atoms with Gasteiger partial charge in [0.25, 0.3) is 0 Å². The molecule has 0 aromatic heterocycles. The van der Waals surface area contributed by atoms with Crippen LogP contribution < -0.4 is 9.47 Å². The van der Waals surface area contributed by atoms with Crippen molar-refractivity contribution in [2.45, 2.75) is 25.9 Å². The molecule has 170 valence electrons. The summed E-state index contributed by atoms with van der Waals surface area (Å²) in [7, 11) is 0. The molecule has 2 saturated heterocycles. The van der Waals surface area contributed by atoms with E-state index in [1.54, 1.807) is 0 Å². The number of benzene rings is 2. The number of halogens is 1. The minimum Gasteiger partial charge on any atom is -0.454 e. The molecule has 0 unspecified atom stereocenters. The van der Waals surface area contributed by atoms with Crippen LogP contribution >= 0.6 is 11.6 Å². The number of hydrogen-bond donors (Lipinski definition) is 0. The van der Waals surface area contributed by atoms with E-state index in [9.17, 15) is 4.79 Å². The van der Waals surface area contributed by atoms with E-state index in [1.165, 1.54) is 5.56 Å². The van der Waals surface area contributed by atoms with E-state index in [0.717, 1.165) is 87.3 Å². The van der Waals surface area contributed by atoms with Gasteiger partial charge in [-0.15, -0.1) is 0 Å². The molecule has 0 spiro atoms. The fourth-order valence-corrected chi connectivity index (χ4v) is 5.08. The summed E-state index contributed by atoms with van der Waals surface area (Å²) < 4.78 is 10.9. The molecule has 6 nitrogen and oxygen atoms in total. The highest BCUT2D eigenvalue weighted by Crippen LogP contribution is 2.33. The van der Waals surface area contributed by atoms with E-state index in [0.29, 0.717) is 12.7 Å². The van der Waals surface area contributed by atoms with E-state index in [2.05, 4.69) is 32.9 Å². The number of fused-ring (bicyclic) bond motifs is 1. The maximum atomic E-state index is 13.1. The van der Waals surface area contributed by atoms with Gasteiger partial charge in [0.1, 0.15) is 0 Å². The molecule has 1 amide bonds. The Labute approximate surface area is 194 Å². The number of likely N-dealkylation sites (tertiary alicyclic amines) is 1. The second kappa shape index (κ2) is 9.69. The Balaban J connectivity index is 1.07. The van der Waals surface area contributed by atoms with Crippen LogP contribution in [-0.4, -0.2) is 66.7 Å². The monoisotopic (exact) mass is 455 g/mol. The molecule has 0 aliphatic carbocycles. The van der Waals surface area contributed by atoms with Crippen LogP contribution in [0.15, 0.2) is 42.5 Å². The summed E-state index contributed by atoms with van der Waals surface area (Å²) in [5, 5.41) is 0.823. The van der Waals surface area contributed by atoms with Gasteiger partial charge in [-0.2, -0.15) is 0 Å². The Morgan fingerprint density at radius 3 is 2.38 bits per heavy atom. The highest BCUT2D eigenvalue weighted by molar-refractivity contribution is 6.31. The van der Waals surface area contributed by atoms with Gasteiger partial charge in [-0.3, -0.25) is 14.6 Å². The topological polar surface area (TPSA) is 45.3 Å². The first kappa shape index (κ1) is 21.6. The Bertz CT molecular complexity index is 953. The Morgan fingerprint density at radius 2 is 1.59 bits per heavy atom. The average molecular weight is 456 g/mol. The van der Waals surface area contributed by atoms with Crippen molar-refractivity contribution >= 4 is 17.5 Å². The Morgan fingerprint density at radius 1 is 0.875 bits per heavy atom. The summed E-state index contributed by atoms with van der Waals surface area (Å²) in [5.41, 5.74) is 2.39. The molecule has 0 bridgehead atoms. The minimum atomic E-state index is 0.151. The zero-order valence-corrected chi connectivity index (χ0v) is 19.1. The van der Waals surface area contributed by atoms with E-state index in [1.807, 2.05) is 24.3 Å². The second-order valence-electron chi connectivity index (χ2n) is 8.93. The highest BCUT2D eigenvalue weighted by atomic mass is 35.5. The van der Waals surface area contributed by atoms with Gasteiger partial charge in [0, 0.05) is 50.2 Å². The molecule has 3 aliphatic heterocycles. The quantitative estimate of drug-likeness (QED) is 0.689. The van der Waals surface area contributed by atoms with Gasteiger partial charge in [0.2, 0.25) is 12.7 Å². The van der Waals surface area contributed by atoms with E-state index in [-0.39, 0.29) is 5.92 Å². The number of nitrogens with zero attached hydrogens (tertiary/aromatic N) is 3. The van der Waals surface area contributed by atoms with Gasteiger partial charge in [0.15, 0.2) is 11.5 Å². The number of carbonyl (C=O) groups excluding carboxylic acids is 1. The van der Waals surface area contributed by atoms with Gasteiger partial charge in [0.05, 0.1) is 0 Å². The fraction of sp³-hybridized carbons (Fsp3) is 0.480. The molecule has 2 aromatic carbocycles. The van der Waals surface area contributed by atoms with Gasteiger partial charge < -0.3 is 14.4 Å². The SMILES string of the molecule is O=C(C1CCN(Cc2ccccc2Cl)CC1)N1CCN(Cc2ccc3c(c2)OCO3)CC1. The Hall–Kier alpha value is -2.28. The molecule has 2 aromatic rings. The highest BCUT2D eigenvalue weighted by Gasteiger charge is 2.30. The summed E-state index contributed by atoms with van der Waals surface area (Å²) >= 11 is 6.31. The molecular weight excluding hydrogens is 426 g/mol. The number of amides is 1. The number of piperidine rings is 1. The van der Waals surface area contributed by atoms with Crippen LogP contribution in [0, 0.1) is 5.92 Å². The Kier molecular flexibility index (Phi) is 6.53. The fourth-order valence-electron chi connectivity index (χ4n) is 4.89. The molecule has 5 rings (SSSR count). The van der Waals surface area contributed by atoms with E-state index < -0.39 is 0 Å². The van der Waals surface area contributed by atoms with Crippen molar-refractivity contribution in [3.8, 4) is 11.5 Å². The predicted octanol–water partition coefficient (Wildman–Crippen LogP) is 3.63. The molecule has 7 heteroatoms. The van der Waals surface area contributed by atoms with E-state index in [4.69, 9.17) is 21.1 Å². The first-order chi connectivity index (χ1) is 15.7. The van der Waals surface area contributed by atoms with Crippen molar-refractivity contribution in [1.82, 2.24) is 14.7 Å². The number of piperazine rings is 1. The smallest absolute Gasteiger partial charge is 0.231 e. The number of ether oxygens (including phenoxy) is 2. The van der Waals surface area contributed by atoms with E-state index >= 15 is 0 Å². The summed E-state index contributed by atoms with van der Waals surface area (Å²) in [5.74, 6) is 2.14. The van der Waals surface area contributed by atoms with Crippen LogP contribution in [0.4, 0.5) is 0 Å². The molecule has 0 atom stereocenters. The zero-order valence-electron chi connectivity index (χ0n) is 18.3. The summed E-state index contributed by atoms with van der Waals surface area (Å²) in [4.78, 5) is 20.0. The third-order valence-corrected chi connectivity index (χ3v) is 7.18. The maximum absolute atomic E-state index is 13.1. The van der Waals surface area contributed by atoms with Crippen LogP contribution in [0.1, 0.15) is 24.0 Å². The minimum absolute atomic E-state index is 0.151. The van der Waals surface area contributed by atoms with Crippen molar-refractivity contribution in [3.63, 3.8) is 0 Å². The first-order valence-corrected chi connectivity index (χ1v) is 11.9. The van der Waals surface area contributed by atoms with Crippen molar-refractivity contribution < 1.29 is 14.3 Å². The largest absolute Gasteiger partial charge is 0.454 e. The van der Waals surface area contributed by atoms with Crippen molar-refractivity contribution in [2.75, 3.05) is 46.1 Å². The number of hydrogen-bond acceptors (Lipinski definition) is 5. The summed E-state index contributed by atoms with van der Waals surface area (Å²) in [6.45, 7) is 7.37. The normalized spacial score (nSPS) is 20.0.